The molecule has 1 fully saturated rings. The molecule has 0 unspecified atom stereocenters. The minimum absolute atomic E-state index is 0.316. The number of hydrogen-bond donors (Lipinski definition) is 1. The van der Waals surface area contributed by atoms with Gasteiger partial charge >= 0.3 is 10.2 Å². The zero-order valence-corrected chi connectivity index (χ0v) is 20.8. The summed E-state index contributed by atoms with van der Waals surface area (Å²) in [6.07, 6.45) is 3.12. The van der Waals surface area contributed by atoms with E-state index in [1.807, 2.05) is 36.2 Å². The van der Waals surface area contributed by atoms with E-state index in [2.05, 4.69) is 9.88 Å². The van der Waals surface area contributed by atoms with Crippen LogP contribution in [0.1, 0.15) is 11.1 Å². The van der Waals surface area contributed by atoms with Gasteiger partial charge in [-0.3, -0.25) is 4.90 Å². The van der Waals surface area contributed by atoms with Gasteiger partial charge in [-0.2, -0.15) is 17.1 Å². The molecule has 35 heavy (non-hydrogen) atoms. The van der Waals surface area contributed by atoms with Gasteiger partial charge in [-0.05, 0) is 24.7 Å². The van der Waals surface area contributed by atoms with Gasteiger partial charge in [0.1, 0.15) is 0 Å². The maximum absolute atomic E-state index is 14.3. The average molecular weight is 505 g/mol. The van der Waals surface area contributed by atoms with Crippen LogP contribution in [0.3, 0.4) is 0 Å². The first-order valence-corrected chi connectivity index (χ1v) is 13.2. The Labute approximate surface area is 206 Å². The lowest BCUT2D eigenvalue weighted by atomic mass is 10.1. The van der Waals surface area contributed by atoms with Gasteiger partial charge in [-0.25, -0.2) is 8.96 Å². The van der Waals surface area contributed by atoms with Gasteiger partial charge in [0, 0.05) is 75.7 Å². The number of para-hydroxylation sites is 1. The second-order valence-electron chi connectivity index (χ2n) is 8.74. The van der Waals surface area contributed by atoms with Gasteiger partial charge in [-0.15, -0.1) is 0 Å². The highest BCUT2D eigenvalue weighted by Crippen LogP contribution is 2.26. The highest BCUT2D eigenvalue weighted by molar-refractivity contribution is 7.87. The topological polar surface area (TPSA) is 96.9 Å². The predicted molar refractivity (Wildman–Crippen MR) is 134 cm³/mol. The van der Waals surface area contributed by atoms with Crippen molar-refractivity contribution >= 4 is 21.1 Å². The molecular weight excluding hydrogens is 471 g/mol. The minimum atomic E-state index is -3.72. The molecule has 190 valence electrons. The van der Waals surface area contributed by atoms with Gasteiger partial charge in [0.15, 0.2) is 0 Å². The van der Waals surface area contributed by atoms with Crippen molar-refractivity contribution < 1.29 is 17.5 Å². The Morgan fingerprint density at radius 1 is 1.06 bits per heavy atom. The first-order valence-electron chi connectivity index (χ1n) is 11.8. The van der Waals surface area contributed by atoms with E-state index in [1.165, 1.54) is 14.5 Å². The fourth-order valence-electron chi connectivity index (χ4n) is 4.29. The van der Waals surface area contributed by atoms with E-state index in [0.717, 1.165) is 10.9 Å². The Bertz CT molecular complexity index is 1230. The van der Waals surface area contributed by atoms with Crippen LogP contribution in [-0.2, 0) is 28.0 Å². The number of ether oxygens (including phenoxy) is 1. The number of fused-ring (bicyclic) bond motifs is 1. The molecule has 3 aromatic rings. The number of rotatable bonds is 11. The summed E-state index contributed by atoms with van der Waals surface area (Å²) in [6, 6.07) is 10.9. The number of halogens is 1. The molecule has 0 aliphatic carbocycles. The molecule has 0 bridgehead atoms. The van der Waals surface area contributed by atoms with E-state index in [1.54, 1.807) is 18.3 Å². The molecule has 0 radical (unpaired) electrons. The maximum Gasteiger partial charge on any atom is 0.308 e. The largest absolute Gasteiger partial charge is 0.379 e. The molecule has 0 amide bonds. The molecular formula is C24H33FN6O3S. The Morgan fingerprint density at radius 3 is 2.54 bits per heavy atom. The van der Waals surface area contributed by atoms with Crippen molar-refractivity contribution in [3.8, 4) is 0 Å². The van der Waals surface area contributed by atoms with Crippen molar-refractivity contribution in [2.24, 2.45) is 5.73 Å². The van der Waals surface area contributed by atoms with Crippen molar-refractivity contribution in [3.63, 3.8) is 0 Å². The second-order valence-corrected chi connectivity index (χ2v) is 10.5. The number of aromatic nitrogens is 2. The summed E-state index contributed by atoms with van der Waals surface area (Å²) in [5.41, 5.74) is 7.48. The summed E-state index contributed by atoms with van der Waals surface area (Å²) in [5.74, 6) is -0.513. The van der Waals surface area contributed by atoms with Gasteiger partial charge < -0.3 is 15.4 Å². The van der Waals surface area contributed by atoms with Crippen LogP contribution in [0.4, 0.5) is 4.39 Å². The first kappa shape index (κ1) is 25.7. The zero-order valence-electron chi connectivity index (χ0n) is 20.0. The van der Waals surface area contributed by atoms with Crippen LogP contribution in [0.25, 0.3) is 10.9 Å². The second kappa shape index (κ2) is 11.5. The Kier molecular flexibility index (Phi) is 8.47. The number of hydrogen-bond acceptors (Lipinski definition) is 7. The molecule has 4 rings (SSSR count). The SMILES string of the molecule is CN1CCN(S(=O)(=O)n2cc(CN(CCOCCN)Cc3cccnc3F)c3ccccc32)CC1. The number of likely N-dealkylation sites (N-methyl/N-ethyl adjacent to an activating group) is 1. The van der Waals surface area contributed by atoms with Crippen LogP contribution in [0.15, 0.2) is 48.8 Å². The van der Waals surface area contributed by atoms with E-state index >= 15 is 0 Å². The van der Waals surface area contributed by atoms with Gasteiger partial charge in [0.2, 0.25) is 5.95 Å². The number of piperazine rings is 1. The van der Waals surface area contributed by atoms with Crippen molar-refractivity contribution in [2.45, 2.75) is 13.1 Å². The summed E-state index contributed by atoms with van der Waals surface area (Å²) >= 11 is 0. The molecule has 0 atom stereocenters. The lowest BCUT2D eigenvalue weighted by molar-refractivity contribution is 0.103. The Balaban J connectivity index is 1.63. The van der Waals surface area contributed by atoms with Crippen molar-refractivity contribution in [3.05, 3.63) is 65.9 Å². The van der Waals surface area contributed by atoms with E-state index in [0.29, 0.717) is 76.7 Å². The molecule has 1 aliphatic rings. The highest BCUT2D eigenvalue weighted by atomic mass is 32.2. The van der Waals surface area contributed by atoms with E-state index < -0.39 is 16.2 Å². The maximum atomic E-state index is 14.3. The number of nitrogens with two attached hydrogens (primary N) is 1. The zero-order chi connectivity index (χ0) is 24.8. The molecule has 11 heteroatoms. The third-order valence-corrected chi connectivity index (χ3v) is 8.05. The Morgan fingerprint density at radius 2 is 1.80 bits per heavy atom. The molecule has 0 saturated carbocycles. The fraction of sp³-hybridized carbons (Fsp3) is 0.458. The summed E-state index contributed by atoms with van der Waals surface area (Å²) in [4.78, 5) is 7.91. The Hall–Kier alpha value is -2.41. The monoisotopic (exact) mass is 504 g/mol. The summed E-state index contributed by atoms with van der Waals surface area (Å²) in [6.45, 7) is 4.85. The molecule has 2 N–H and O–H groups in total. The molecule has 9 nitrogen and oxygen atoms in total. The lowest BCUT2D eigenvalue weighted by Gasteiger charge is -2.31. The summed E-state index contributed by atoms with van der Waals surface area (Å²) in [7, 11) is -1.73. The van der Waals surface area contributed by atoms with Crippen LogP contribution in [0, 0.1) is 5.95 Å². The van der Waals surface area contributed by atoms with E-state index in [4.69, 9.17) is 10.5 Å². The summed E-state index contributed by atoms with van der Waals surface area (Å²) < 4.78 is 49.9. The molecule has 1 aliphatic heterocycles. The summed E-state index contributed by atoms with van der Waals surface area (Å²) in [5, 5.41) is 0.852. The predicted octanol–water partition coefficient (Wildman–Crippen LogP) is 1.49. The van der Waals surface area contributed by atoms with Gasteiger partial charge in [0.05, 0.1) is 18.7 Å². The molecule has 2 aromatic heterocycles. The normalized spacial score (nSPS) is 15.9. The van der Waals surface area contributed by atoms with Crippen LogP contribution in [-0.4, -0.2) is 91.0 Å². The standard InChI is InChI=1S/C24H33FN6O3S/c1-28-10-12-30(13-11-28)35(32,33)31-19-21(22-6-2-3-7-23(22)31)18-29(14-16-34-15-8-26)17-20-5-4-9-27-24(20)25/h2-7,9,19H,8,10-18,26H2,1H3. The van der Waals surface area contributed by atoms with Crippen molar-refractivity contribution in [2.75, 3.05) is 59.5 Å². The molecule has 3 heterocycles. The molecule has 1 aromatic carbocycles. The average Bonchev–Trinajstić information content (AvgIpc) is 3.23. The molecule has 0 spiro atoms. The van der Waals surface area contributed by atoms with Crippen LogP contribution >= 0.6 is 0 Å². The fourth-order valence-corrected chi connectivity index (χ4v) is 5.83. The van der Waals surface area contributed by atoms with Crippen LogP contribution in [0.5, 0.6) is 0 Å². The number of nitrogens with zero attached hydrogens (tertiary/aromatic N) is 5. The third kappa shape index (κ3) is 6.05. The van der Waals surface area contributed by atoms with Gasteiger partial charge in [0.25, 0.3) is 0 Å². The minimum Gasteiger partial charge on any atom is -0.379 e. The number of benzene rings is 1. The lowest BCUT2D eigenvalue weighted by Crippen LogP contribution is -2.48. The van der Waals surface area contributed by atoms with E-state index in [9.17, 15) is 12.8 Å². The van der Waals surface area contributed by atoms with Crippen LogP contribution < -0.4 is 5.73 Å². The number of pyridine rings is 1. The third-order valence-electron chi connectivity index (χ3n) is 6.24. The first-order chi connectivity index (χ1) is 16.9. The highest BCUT2D eigenvalue weighted by Gasteiger charge is 2.29. The molecule has 1 saturated heterocycles. The van der Waals surface area contributed by atoms with Gasteiger partial charge in [-0.1, -0.05) is 24.3 Å². The van der Waals surface area contributed by atoms with Crippen molar-refractivity contribution in [1.29, 1.82) is 0 Å². The van der Waals surface area contributed by atoms with Crippen molar-refractivity contribution in [1.82, 2.24) is 23.1 Å². The quantitative estimate of drug-likeness (QED) is 0.312. The van der Waals surface area contributed by atoms with Crippen LogP contribution in [0.2, 0.25) is 0 Å². The smallest absolute Gasteiger partial charge is 0.308 e. The van der Waals surface area contributed by atoms with E-state index in [-0.39, 0.29) is 0 Å².